The Kier molecular flexibility index (Phi) is 4.29. The highest BCUT2D eigenvalue weighted by Crippen LogP contribution is 2.51. The fraction of sp³-hybridized carbons (Fsp3) is 0.533. The SMILES string of the molecule is O=C(NCC1(Sc2ccccc2)CC1)[C@H]1COCCN1. The summed E-state index contributed by atoms with van der Waals surface area (Å²) in [6.45, 7) is 2.66. The maximum atomic E-state index is 12.1. The van der Waals surface area contributed by atoms with E-state index < -0.39 is 0 Å². The molecule has 1 saturated carbocycles. The highest BCUT2D eigenvalue weighted by atomic mass is 32.2. The first-order valence-electron chi connectivity index (χ1n) is 7.10. The van der Waals surface area contributed by atoms with Crippen LogP contribution in [0, 0.1) is 0 Å². The van der Waals surface area contributed by atoms with Gasteiger partial charge in [-0.15, -0.1) is 11.8 Å². The van der Waals surface area contributed by atoms with Crippen LogP contribution < -0.4 is 10.6 Å². The van der Waals surface area contributed by atoms with Crippen molar-refractivity contribution < 1.29 is 9.53 Å². The van der Waals surface area contributed by atoms with Gasteiger partial charge in [0.15, 0.2) is 0 Å². The highest BCUT2D eigenvalue weighted by Gasteiger charge is 2.44. The Bertz CT molecular complexity index is 456. The van der Waals surface area contributed by atoms with E-state index in [1.807, 2.05) is 17.8 Å². The molecule has 0 spiro atoms. The van der Waals surface area contributed by atoms with Crippen molar-refractivity contribution in [1.82, 2.24) is 10.6 Å². The van der Waals surface area contributed by atoms with E-state index in [-0.39, 0.29) is 16.7 Å². The summed E-state index contributed by atoms with van der Waals surface area (Å²) in [5.74, 6) is 0.0598. The Labute approximate surface area is 123 Å². The van der Waals surface area contributed by atoms with Crippen LogP contribution >= 0.6 is 11.8 Å². The molecule has 1 aliphatic carbocycles. The number of carbonyl (C=O) groups excluding carboxylic acids is 1. The second kappa shape index (κ2) is 6.16. The van der Waals surface area contributed by atoms with Crippen LogP contribution in [0.1, 0.15) is 12.8 Å². The Morgan fingerprint density at radius 1 is 1.40 bits per heavy atom. The van der Waals surface area contributed by atoms with Gasteiger partial charge in [-0.2, -0.15) is 0 Å². The molecule has 2 N–H and O–H groups in total. The van der Waals surface area contributed by atoms with E-state index in [0.29, 0.717) is 13.2 Å². The number of rotatable bonds is 5. The number of nitrogens with one attached hydrogen (secondary N) is 2. The van der Waals surface area contributed by atoms with Gasteiger partial charge in [-0.05, 0) is 25.0 Å². The third-order valence-electron chi connectivity index (χ3n) is 3.71. The highest BCUT2D eigenvalue weighted by molar-refractivity contribution is 8.01. The van der Waals surface area contributed by atoms with Gasteiger partial charge in [-0.25, -0.2) is 0 Å². The summed E-state index contributed by atoms with van der Waals surface area (Å²) in [5, 5.41) is 6.25. The van der Waals surface area contributed by atoms with Crippen molar-refractivity contribution in [1.29, 1.82) is 0 Å². The molecule has 1 saturated heterocycles. The van der Waals surface area contributed by atoms with Crippen LogP contribution in [0.15, 0.2) is 35.2 Å². The summed E-state index contributed by atoms with van der Waals surface area (Å²) in [7, 11) is 0. The molecule has 1 heterocycles. The average molecular weight is 292 g/mol. The number of morpholine rings is 1. The maximum absolute atomic E-state index is 12.1. The number of hydrogen-bond donors (Lipinski definition) is 2. The van der Waals surface area contributed by atoms with E-state index in [4.69, 9.17) is 4.74 Å². The van der Waals surface area contributed by atoms with E-state index in [9.17, 15) is 4.79 Å². The van der Waals surface area contributed by atoms with Gasteiger partial charge in [0, 0.05) is 22.7 Å². The van der Waals surface area contributed by atoms with Gasteiger partial charge in [0.25, 0.3) is 0 Å². The minimum atomic E-state index is -0.193. The lowest BCUT2D eigenvalue weighted by Crippen LogP contribution is -2.52. The molecule has 3 rings (SSSR count). The first-order chi connectivity index (χ1) is 9.77. The number of hydrogen-bond acceptors (Lipinski definition) is 4. The largest absolute Gasteiger partial charge is 0.378 e. The molecule has 5 heteroatoms. The average Bonchev–Trinajstić information content (AvgIpc) is 3.27. The standard InChI is InChI=1S/C15H20N2O2S/c18-14(13-10-19-9-8-16-13)17-11-15(6-7-15)20-12-4-2-1-3-5-12/h1-5,13,16H,6-11H2,(H,17,18)/t13-/m1/s1. The third kappa shape index (κ3) is 3.53. The normalized spacial score (nSPS) is 24.1. The van der Waals surface area contributed by atoms with Crippen molar-refractivity contribution in [2.24, 2.45) is 0 Å². The molecule has 0 unspecified atom stereocenters. The van der Waals surface area contributed by atoms with Crippen LogP contribution in [0.5, 0.6) is 0 Å². The zero-order valence-electron chi connectivity index (χ0n) is 11.4. The minimum Gasteiger partial charge on any atom is -0.378 e. The first kappa shape index (κ1) is 13.9. The van der Waals surface area contributed by atoms with Crippen molar-refractivity contribution in [3.05, 3.63) is 30.3 Å². The predicted octanol–water partition coefficient (Wildman–Crippen LogP) is 1.42. The predicted molar refractivity (Wildman–Crippen MR) is 79.9 cm³/mol. The quantitative estimate of drug-likeness (QED) is 0.862. The van der Waals surface area contributed by atoms with Gasteiger partial charge in [0.1, 0.15) is 6.04 Å². The van der Waals surface area contributed by atoms with Gasteiger partial charge in [-0.1, -0.05) is 18.2 Å². The summed E-state index contributed by atoms with van der Waals surface area (Å²) >= 11 is 1.88. The molecular formula is C15H20N2O2S. The van der Waals surface area contributed by atoms with Gasteiger partial charge in [0.05, 0.1) is 13.2 Å². The topological polar surface area (TPSA) is 50.4 Å². The van der Waals surface area contributed by atoms with Crippen LogP contribution in [0.2, 0.25) is 0 Å². The zero-order chi connectivity index (χ0) is 13.8. The zero-order valence-corrected chi connectivity index (χ0v) is 12.2. The van der Waals surface area contributed by atoms with E-state index in [1.165, 1.54) is 17.7 Å². The van der Waals surface area contributed by atoms with Crippen LogP contribution in [0.25, 0.3) is 0 Å². The lowest BCUT2D eigenvalue weighted by Gasteiger charge is -2.24. The minimum absolute atomic E-state index is 0.0598. The lowest BCUT2D eigenvalue weighted by molar-refractivity contribution is -0.125. The molecular weight excluding hydrogens is 272 g/mol. The molecule has 4 nitrogen and oxygen atoms in total. The second-order valence-electron chi connectivity index (χ2n) is 5.40. The Hall–Kier alpha value is -1.04. The number of ether oxygens (including phenoxy) is 1. The van der Waals surface area contributed by atoms with Crippen LogP contribution in [-0.2, 0) is 9.53 Å². The van der Waals surface area contributed by atoms with Crippen molar-refractivity contribution in [3.8, 4) is 0 Å². The molecule has 1 aliphatic heterocycles. The molecule has 1 amide bonds. The number of thioether (sulfide) groups is 1. The Morgan fingerprint density at radius 2 is 2.20 bits per heavy atom. The summed E-state index contributed by atoms with van der Waals surface area (Å²) in [5.41, 5.74) is 0. The molecule has 108 valence electrons. The molecule has 20 heavy (non-hydrogen) atoms. The fourth-order valence-electron chi connectivity index (χ4n) is 2.30. The number of benzene rings is 1. The summed E-state index contributed by atoms with van der Waals surface area (Å²) in [4.78, 5) is 13.3. The van der Waals surface area contributed by atoms with Gasteiger partial charge < -0.3 is 15.4 Å². The molecule has 1 aromatic rings. The Morgan fingerprint density at radius 3 is 2.85 bits per heavy atom. The van der Waals surface area contributed by atoms with E-state index >= 15 is 0 Å². The first-order valence-corrected chi connectivity index (χ1v) is 7.92. The monoisotopic (exact) mass is 292 g/mol. The smallest absolute Gasteiger partial charge is 0.239 e. The van der Waals surface area contributed by atoms with E-state index in [1.54, 1.807) is 0 Å². The molecule has 0 radical (unpaired) electrons. The molecule has 1 atom stereocenters. The third-order valence-corrected chi connectivity index (χ3v) is 5.20. The number of amides is 1. The van der Waals surface area contributed by atoms with Crippen molar-refractivity contribution in [2.45, 2.75) is 28.5 Å². The fourth-order valence-corrected chi connectivity index (χ4v) is 3.54. The van der Waals surface area contributed by atoms with Crippen LogP contribution in [0.3, 0.4) is 0 Å². The molecule has 2 aliphatic rings. The number of carbonyl (C=O) groups is 1. The summed E-state index contributed by atoms with van der Waals surface area (Å²) < 4.78 is 5.52. The van der Waals surface area contributed by atoms with Gasteiger partial charge >= 0.3 is 0 Å². The van der Waals surface area contributed by atoms with Crippen LogP contribution in [0.4, 0.5) is 0 Å². The lowest BCUT2D eigenvalue weighted by atomic mass is 10.2. The van der Waals surface area contributed by atoms with Gasteiger partial charge in [-0.3, -0.25) is 4.79 Å². The van der Waals surface area contributed by atoms with E-state index in [2.05, 4.69) is 34.9 Å². The maximum Gasteiger partial charge on any atom is 0.239 e. The van der Waals surface area contributed by atoms with Crippen LogP contribution in [-0.4, -0.2) is 43.0 Å². The summed E-state index contributed by atoms with van der Waals surface area (Å²) in [6, 6.07) is 10.2. The second-order valence-corrected chi connectivity index (χ2v) is 6.94. The molecule has 0 aromatic heterocycles. The van der Waals surface area contributed by atoms with E-state index in [0.717, 1.165) is 13.1 Å². The van der Waals surface area contributed by atoms with Crippen molar-refractivity contribution >= 4 is 17.7 Å². The molecule has 1 aromatic carbocycles. The Balaban J connectivity index is 1.49. The summed E-state index contributed by atoms with van der Waals surface area (Å²) in [6.07, 6.45) is 2.34. The van der Waals surface area contributed by atoms with Crippen molar-refractivity contribution in [2.75, 3.05) is 26.3 Å². The van der Waals surface area contributed by atoms with Gasteiger partial charge in [0.2, 0.25) is 5.91 Å². The van der Waals surface area contributed by atoms with Crippen molar-refractivity contribution in [3.63, 3.8) is 0 Å². The molecule has 0 bridgehead atoms. The molecule has 2 fully saturated rings.